The van der Waals surface area contributed by atoms with Crippen molar-refractivity contribution in [1.29, 1.82) is 0 Å². The van der Waals surface area contributed by atoms with Crippen molar-refractivity contribution in [2.45, 2.75) is 31.5 Å². The summed E-state index contributed by atoms with van der Waals surface area (Å²) in [5, 5.41) is 11.8. The first-order valence-corrected chi connectivity index (χ1v) is 13.1. The summed E-state index contributed by atoms with van der Waals surface area (Å²) in [4.78, 5) is 17.0. The molecule has 4 rings (SSSR count). The van der Waals surface area contributed by atoms with Crippen LogP contribution in [0.3, 0.4) is 0 Å². The Bertz CT molecular complexity index is 1230. The maximum absolute atomic E-state index is 12.3. The average molecular weight is 469 g/mol. The molecule has 32 heavy (non-hydrogen) atoms. The minimum atomic E-state index is -3.04. The highest BCUT2D eigenvalue weighted by atomic mass is 32.2. The van der Waals surface area contributed by atoms with Gasteiger partial charge < -0.3 is 5.32 Å². The molecule has 1 aliphatic rings. The number of aromatic nitrogens is 3. The Kier molecular flexibility index (Phi) is 6.57. The normalized spacial score (nSPS) is 17.2. The molecule has 166 valence electrons. The zero-order valence-electron chi connectivity index (χ0n) is 17.9. The molecule has 9 heteroatoms. The zero-order chi connectivity index (χ0) is 22.7. The second kappa shape index (κ2) is 9.38. The van der Waals surface area contributed by atoms with Crippen molar-refractivity contribution < 1.29 is 13.2 Å². The average Bonchev–Trinajstić information content (AvgIpc) is 3.11. The number of amides is 1. The van der Waals surface area contributed by atoms with Crippen molar-refractivity contribution >= 4 is 27.5 Å². The highest BCUT2D eigenvalue weighted by Crippen LogP contribution is 2.30. The van der Waals surface area contributed by atoms with E-state index in [1.165, 1.54) is 11.8 Å². The molecule has 1 fully saturated rings. The van der Waals surface area contributed by atoms with Crippen molar-refractivity contribution in [1.82, 2.24) is 20.5 Å². The van der Waals surface area contributed by atoms with Gasteiger partial charge in [-0.25, -0.2) is 13.4 Å². The molecule has 7 nitrogen and oxygen atoms in total. The number of rotatable bonds is 6. The molecule has 0 aliphatic carbocycles. The Morgan fingerprint density at radius 3 is 2.12 bits per heavy atom. The van der Waals surface area contributed by atoms with Gasteiger partial charge in [0, 0.05) is 17.2 Å². The zero-order valence-corrected chi connectivity index (χ0v) is 19.5. The number of nitrogens with zero attached hydrogens (tertiary/aromatic N) is 3. The van der Waals surface area contributed by atoms with E-state index in [0.717, 1.165) is 22.3 Å². The number of carbonyl (C=O) groups is 1. The number of carbonyl (C=O) groups excluding carboxylic acids is 1. The van der Waals surface area contributed by atoms with E-state index < -0.39 is 9.84 Å². The van der Waals surface area contributed by atoms with E-state index in [-0.39, 0.29) is 29.2 Å². The number of hydrogen-bond acceptors (Lipinski definition) is 7. The van der Waals surface area contributed by atoms with E-state index in [1.54, 1.807) is 0 Å². The van der Waals surface area contributed by atoms with E-state index in [9.17, 15) is 13.2 Å². The second-order valence-electron chi connectivity index (χ2n) is 7.98. The molecule has 0 unspecified atom stereocenters. The lowest BCUT2D eigenvalue weighted by Crippen LogP contribution is -2.36. The van der Waals surface area contributed by atoms with Crippen molar-refractivity contribution in [2.24, 2.45) is 0 Å². The summed E-state index contributed by atoms with van der Waals surface area (Å²) in [5.41, 5.74) is 5.52. The van der Waals surface area contributed by atoms with Crippen molar-refractivity contribution in [2.75, 3.05) is 17.3 Å². The molecule has 0 saturated carbocycles. The minimum Gasteiger partial charge on any atom is -0.352 e. The molecule has 0 bridgehead atoms. The number of sulfone groups is 1. The number of thioether (sulfide) groups is 1. The summed E-state index contributed by atoms with van der Waals surface area (Å²) < 4.78 is 23.2. The van der Waals surface area contributed by atoms with E-state index in [4.69, 9.17) is 4.98 Å². The molecule has 1 saturated heterocycles. The van der Waals surface area contributed by atoms with Crippen LogP contribution in [0.2, 0.25) is 0 Å². The lowest BCUT2D eigenvalue weighted by molar-refractivity contribution is -0.119. The number of aryl methyl sites for hydroxylation is 2. The van der Waals surface area contributed by atoms with Gasteiger partial charge in [-0.05, 0) is 20.3 Å². The molecule has 1 aliphatic heterocycles. The van der Waals surface area contributed by atoms with Gasteiger partial charge in [0.1, 0.15) is 11.4 Å². The Morgan fingerprint density at radius 1 is 0.969 bits per heavy atom. The summed E-state index contributed by atoms with van der Waals surface area (Å²) in [6.45, 7) is 4.05. The standard InChI is InChI=1S/C23H24N4O3S2/c1-15-3-7-17(8-4-15)21-22(18-9-5-16(2)6-10-18)26-27-23(25-21)31-13-20(28)24-19-11-12-32(29,30)14-19/h3-10,19H,11-14H2,1-2H3,(H,24,28)/t19-/m0/s1. The van der Waals surface area contributed by atoms with E-state index in [0.29, 0.717) is 23.0 Å². The van der Waals surface area contributed by atoms with Crippen LogP contribution in [0, 0.1) is 13.8 Å². The highest BCUT2D eigenvalue weighted by Gasteiger charge is 2.28. The molecule has 0 spiro atoms. The van der Waals surface area contributed by atoms with Gasteiger partial charge in [-0.15, -0.1) is 10.2 Å². The van der Waals surface area contributed by atoms with Gasteiger partial charge in [0.25, 0.3) is 0 Å². The first-order valence-electron chi connectivity index (χ1n) is 10.3. The lowest BCUT2D eigenvalue weighted by atomic mass is 10.0. The molecule has 1 amide bonds. The van der Waals surface area contributed by atoms with Gasteiger partial charge in [-0.3, -0.25) is 4.79 Å². The van der Waals surface area contributed by atoms with Gasteiger partial charge in [0.15, 0.2) is 9.84 Å². The van der Waals surface area contributed by atoms with Crippen LogP contribution in [0.5, 0.6) is 0 Å². The Labute approximate surface area is 192 Å². The molecule has 1 atom stereocenters. The molecular weight excluding hydrogens is 444 g/mol. The summed E-state index contributed by atoms with van der Waals surface area (Å²) in [7, 11) is -3.04. The summed E-state index contributed by atoms with van der Waals surface area (Å²) in [5.74, 6) is -0.0155. The predicted octanol–water partition coefficient (Wildman–Crippen LogP) is 3.22. The minimum absolute atomic E-state index is 0.00425. The smallest absolute Gasteiger partial charge is 0.230 e. The summed E-state index contributed by atoms with van der Waals surface area (Å²) >= 11 is 1.18. The summed E-state index contributed by atoms with van der Waals surface area (Å²) in [6, 6.07) is 15.7. The first-order chi connectivity index (χ1) is 15.3. The molecule has 3 aromatic rings. The van der Waals surface area contributed by atoms with Crippen LogP contribution in [0.25, 0.3) is 22.5 Å². The van der Waals surface area contributed by atoms with Gasteiger partial charge in [-0.1, -0.05) is 71.4 Å². The molecule has 0 radical (unpaired) electrons. The first kappa shape index (κ1) is 22.4. The van der Waals surface area contributed by atoms with Crippen LogP contribution < -0.4 is 5.32 Å². The fraction of sp³-hybridized carbons (Fsp3) is 0.304. The maximum atomic E-state index is 12.3. The van der Waals surface area contributed by atoms with Crippen LogP contribution >= 0.6 is 11.8 Å². The lowest BCUT2D eigenvalue weighted by Gasteiger charge is -2.11. The van der Waals surface area contributed by atoms with Crippen LogP contribution in [-0.2, 0) is 14.6 Å². The van der Waals surface area contributed by atoms with E-state index in [2.05, 4.69) is 15.5 Å². The molecule has 1 aromatic heterocycles. The number of hydrogen-bond donors (Lipinski definition) is 1. The van der Waals surface area contributed by atoms with Crippen molar-refractivity contribution in [3.05, 3.63) is 59.7 Å². The van der Waals surface area contributed by atoms with Crippen LogP contribution in [0.1, 0.15) is 17.5 Å². The third kappa shape index (κ3) is 5.52. The highest BCUT2D eigenvalue weighted by molar-refractivity contribution is 7.99. The molecule has 1 N–H and O–H groups in total. The number of benzene rings is 2. The maximum Gasteiger partial charge on any atom is 0.230 e. The molecular formula is C23H24N4O3S2. The predicted molar refractivity (Wildman–Crippen MR) is 126 cm³/mol. The Balaban J connectivity index is 1.54. The third-order valence-electron chi connectivity index (χ3n) is 5.25. The van der Waals surface area contributed by atoms with Crippen LogP contribution in [0.15, 0.2) is 53.7 Å². The fourth-order valence-electron chi connectivity index (χ4n) is 3.50. The second-order valence-corrected chi connectivity index (χ2v) is 11.2. The topological polar surface area (TPSA) is 102 Å². The Hall–Kier alpha value is -2.78. The number of nitrogens with one attached hydrogen (secondary N) is 1. The third-order valence-corrected chi connectivity index (χ3v) is 7.85. The van der Waals surface area contributed by atoms with E-state index >= 15 is 0 Å². The monoisotopic (exact) mass is 468 g/mol. The van der Waals surface area contributed by atoms with E-state index in [1.807, 2.05) is 62.4 Å². The fourth-order valence-corrected chi connectivity index (χ4v) is 5.77. The summed E-state index contributed by atoms with van der Waals surface area (Å²) in [6.07, 6.45) is 0.458. The largest absolute Gasteiger partial charge is 0.352 e. The van der Waals surface area contributed by atoms with Gasteiger partial charge >= 0.3 is 0 Å². The quantitative estimate of drug-likeness (QED) is 0.554. The molecule has 2 aromatic carbocycles. The van der Waals surface area contributed by atoms with Crippen LogP contribution in [0.4, 0.5) is 0 Å². The van der Waals surface area contributed by atoms with Crippen molar-refractivity contribution in [3.8, 4) is 22.5 Å². The molecule has 2 heterocycles. The van der Waals surface area contributed by atoms with Crippen molar-refractivity contribution in [3.63, 3.8) is 0 Å². The van der Waals surface area contributed by atoms with Crippen LogP contribution in [-0.4, -0.2) is 52.8 Å². The van der Waals surface area contributed by atoms with Gasteiger partial charge in [0.2, 0.25) is 11.1 Å². The van der Waals surface area contributed by atoms with Gasteiger partial charge in [0.05, 0.1) is 17.3 Å². The SMILES string of the molecule is Cc1ccc(-c2nnc(SCC(=O)N[C@H]3CCS(=O)(=O)C3)nc2-c2ccc(C)cc2)cc1. The Morgan fingerprint density at radius 2 is 1.56 bits per heavy atom. The van der Waals surface area contributed by atoms with Gasteiger partial charge in [-0.2, -0.15) is 0 Å².